The minimum atomic E-state index is -0.138. The number of nitrogens with zero attached hydrogens (tertiary/aromatic N) is 1. The smallest absolute Gasteiger partial charge is 0.123 e. The number of halogens is 1. The van der Waals surface area contributed by atoms with Gasteiger partial charge in [-0.15, -0.1) is 0 Å². The fourth-order valence-electron chi connectivity index (χ4n) is 2.97. The van der Waals surface area contributed by atoms with Gasteiger partial charge in [0.15, 0.2) is 0 Å². The van der Waals surface area contributed by atoms with Crippen LogP contribution in [0.5, 0.6) is 0 Å². The molecular weight excluding hydrogens is 215 g/mol. The van der Waals surface area contributed by atoms with Crippen LogP contribution < -0.4 is 5.32 Å². The van der Waals surface area contributed by atoms with E-state index in [0.29, 0.717) is 5.92 Å². The lowest BCUT2D eigenvalue weighted by atomic mass is 9.64. The van der Waals surface area contributed by atoms with E-state index in [2.05, 4.69) is 24.3 Å². The molecule has 1 aromatic carbocycles. The van der Waals surface area contributed by atoms with Gasteiger partial charge in [-0.1, -0.05) is 12.1 Å². The lowest BCUT2D eigenvalue weighted by Gasteiger charge is -2.52. The Labute approximate surface area is 103 Å². The summed E-state index contributed by atoms with van der Waals surface area (Å²) in [6.07, 6.45) is 2.20. The zero-order chi connectivity index (χ0) is 12.5. The predicted molar refractivity (Wildman–Crippen MR) is 68.4 cm³/mol. The molecule has 0 aliphatic heterocycles. The summed E-state index contributed by atoms with van der Waals surface area (Å²) in [5.74, 6) is 0.562. The molecule has 1 aliphatic rings. The number of nitrogens with one attached hydrogen (secondary N) is 1. The van der Waals surface area contributed by atoms with Crippen molar-refractivity contribution in [2.45, 2.75) is 18.4 Å². The Bertz CT molecular complexity index is 384. The monoisotopic (exact) mass is 236 g/mol. The molecule has 1 aliphatic carbocycles. The third-order valence-electron chi connectivity index (χ3n) is 3.96. The summed E-state index contributed by atoms with van der Waals surface area (Å²) >= 11 is 0. The molecule has 0 atom stereocenters. The molecule has 94 valence electrons. The first-order valence-electron chi connectivity index (χ1n) is 6.16. The summed E-state index contributed by atoms with van der Waals surface area (Å²) in [6, 6.07) is 7.03. The molecule has 0 bridgehead atoms. The van der Waals surface area contributed by atoms with E-state index in [1.54, 1.807) is 12.1 Å². The van der Waals surface area contributed by atoms with Gasteiger partial charge in [-0.05, 0) is 64.1 Å². The Hall–Kier alpha value is -0.930. The third-order valence-corrected chi connectivity index (χ3v) is 3.96. The van der Waals surface area contributed by atoms with Crippen molar-refractivity contribution in [3.05, 3.63) is 35.6 Å². The highest BCUT2D eigenvalue weighted by Crippen LogP contribution is 2.48. The van der Waals surface area contributed by atoms with E-state index >= 15 is 0 Å². The number of hydrogen-bond acceptors (Lipinski definition) is 2. The van der Waals surface area contributed by atoms with Crippen LogP contribution in [0.4, 0.5) is 4.39 Å². The quantitative estimate of drug-likeness (QED) is 0.862. The Morgan fingerprint density at radius 1 is 1.41 bits per heavy atom. The highest BCUT2D eigenvalue weighted by molar-refractivity contribution is 5.28. The number of hydrogen-bond donors (Lipinski definition) is 1. The zero-order valence-corrected chi connectivity index (χ0v) is 10.8. The van der Waals surface area contributed by atoms with Gasteiger partial charge in [0.05, 0.1) is 0 Å². The van der Waals surface area contributed by atoms with E-state index in [-0.39, 0.29) is 11.4 Å². The summed E-state index contributed by atoms with van der Waals surface area (Å²) in [5.41, 5.74) is 1.14. The molecule has 2 nitrogen and oxygen atoms in total. The second-order valence-corrected chi connectivity index (χ2v) is 5.27. The Morgan fingerprint density at radius 2 is 2.12 bits per heavy atom. The highest BCUT2D eigenvalue weighted by atomic mass is 19.1. The summed E-state index contributed by atoms with van der Waals surface area (Å²) in [7, 11) is 6.15. The molecule has 0 radical (unpaired) electrons. The van der Waals surface area contributed by atoms with Gasteiger partial charge in [-0.25, -0.2) is 4.39 Å². The van der Waals surface area contributed by atoms with E-state index in [9.17, 15) is 4.39 Å². The summed E-state index contributed by atoms with van der Waals surface area (Å²) in [5, 5.41) is 3.22. The Kier molecular flexibility index (Phi) is 3.50. The molecule has 3 heteroatoms. The van der Waals surface area contributed by atoms with Crippen LogP contribution in [0.1, 0.15) is 18.4 Å². The lowest BCUT2D eigenvalue weighted by molar-refractivity contribution is 0.00461. The molecule has 0 spiro atoms. The van der Waals surface area contributed by atoms with Crippen LogP contribution in [-0.2, 0) is 5.54 Å². The average Bonchev–Trinajstić information content (AvgIpc) is 2.22. The van der Waals surface area contributed by atoms with Gasteiger partial charge >= 0.3 is 0 Å². The molecule has 1 fully saturated rings. The van der Waals surface area contributed by atoms with Crippen molar-refractivity contribution in [3.63, 3.8) is 0 Å². The van der Waals surface area contributed by atoms with E-state index in [1.165, 1.54) is 6.07 Å². The van der Waals surface area contributed by atoms with E-state index in [1.807, 2.05) is 13.1 Å². The van der Waals surface area contributed by atoms with Crippen molar-refractivity contribution in [2.75, 3.05) is 27.7 Å². The van der Waals surface area contributed by atoms with Crippen molar-refractivity contribution < 1.29 is 4.39 Å². The van der Waals surface area contributed by atoms with Crippen LogP contribution in [0.2, 0.25) is 0 Å². The minimum Gasteiger partial charge on any atom is -0.319 e. The molecule has 1 saturated carbocycles. The standard InChI is InChI=1S/C14H21FN2/c1-16-10-11-8-14(9-11,17(2)3)12-5-4-6-13(15)7-12/h4-7,11,16H,8-10H2,1-3H3. The fraction of sp³-hybridized carbons (Fsp3) is 0.571. The van der Waals surface area contributed by atoms with Gasteiger partial charge in [0.2, 0.25) is 0 Å². The molecule has 17 heavy (non-hydrogen) atoms. The summed E-state index contributed by atoms with van der Waals surface area (Å²) < 4.78 is 13.3. The van der Waals surface area contributed by atoms with Gasteiger partial charge in [-0.3, -0.25) is 4.90 Å². The van der Waals surface area contributed by atoms with Gasteiger partial charge in [0.1, 0.15) is 5.82 Å². The molecule has 0 saturated heterocycles. The number of benzene rings is 1. The molecule has 0 aromatic heterocycles. The van der Waals surface area contributed by atoms with Crippen molar-refractivity contribution in [2.24, 2.45) is 5.92 Å². The van der Waals surface area contributed by atoms with E-state index in [0.717, 1.165) is 24.9 Å². The summed E-state index contributed by atoms with van der Waals surface area (Å²) in [4.78, 5) is 2.23. The first-order chi connectivity index (χ1) is 8.08. The SMILES string of the molecule is CNCC1CC(c2cccc(F)c2)(N(C)C)C1. The molecule has 0 heterocycles. The van der Waals surface area contributed by atoms with Gasteiger partial charge < -0.3 is 5.32 Å². The first-order valence-corrected chi connectivity index (χ1v) is 6.16. The van der Waals surface area contributed by atoms with Crippen molar-refractivity contribution in [1.82, 2.24) is 10.2 Å². The molecular formula is C14H21FN2. The van der Waals surface area contributed by atoms with Crippen molar-refractivity contribution >= 4 is 0 Å². The maximum atomic E-state index is 13.3. The molecule has 2 rings (SSSR count). The molecule has 1 N–H and O–H groups in total. The molecule has 0 unspecified atom stereocenters. The molecule has 0 amide bonds. The Balaban J connectivity index is 2.20. The second kappa shape index (κ2) is 4.75. The normalized spacial score (nSPS) is 28.2. The highest BCUT2D eigenvalue weighted by Gasteiger charge is 2.46. The van der Waals surface area contributed by atoms with Crippen LogP contribution in [0.3, 0.4) is 0 Å². The largest absolute Gasteiger partial charge is 0.319 e. The Morgan fingerprint density at radius 3 is 2.65 bits per heavy atom. The zero-order valence-electron chi connectivity index (χ0n) is 10.8. The van der Waals surface area contributed by atoms with E-state index < -0.39 is 0 Å². The van der Waals surface area contributed by atoms with Crippen LogP contribution in [0.15, 0.2) is 24.3 Å². The third kappa shape index (κ3) is 2.22. The lowest BCUT2D eigenvalue weighted by Crippen LogP contribution is -2.53. The first kappa shape index (κ1) is 12.5. The van der Waals surface area contributed by atoms with Crippen molar-refractivity contribution in [1.29, 1.82) is 0 Å². The fourth-order valence-corrected chi connectivity index (χ4v) is 2.97. The van der Waals surface area contributed by atoms with Crippen molar-refractivity contribution in [3.8, 4) is 0 Å². The van der Waals surface area contributed by atoms with E-state index in [4.69, 9.17) is 0 Å². The maximum absolute atomic E-state index is 13.3. The van der Waals surface area contributed by atoms with Gasteiger partial charge in [0, 0.05) is 5.54 Å². The van der Waals surface area contributed by atoms with Gasteiger partial charge in [-0.2, -0.15) is 0 Å². The maximum Gasteiger partial charge on any atom is 0.123 e. The topological polar surface area (TPSA) is 15.3 Å². The summed E-state index contributed by atoms with van der Waals surface area (Å²) in [6.45, 7) is 1.05. The van der Waals surface area contributed by atoms with Gasteiger partial charge in [0.25, 0.3) is 0 Å². The average molecular weight is 236 g/mol. The minimum absolute atomic E-state index is 0.0314. The number of rotatable bonds is 4. The predicted octanol–water partition coefficient (Wildman–Crippen LogP) is 2.21. The van der Waals surface area contributed by atoms with Crippen LogP contribution in [0, 0.1) is 11.7 Å². The molecule has 1 aromatic rings. The van der Waals surface area contributed by atoms with Crippen LogP contribution in [-0.4, -0.2) is 32.6 Å². The second-order valence-electron chi connectivity index (χ2n) is 5.27. The van der Waals surface area contributed by atoms with Crippen LogP contribution >= 0.6 is 0 Å². The van der Waals surface area contributed by atoms with Crippen LogP contribution in [0.25, 0.3) is 0 Å².